The van der Waals surface area contributed by atoms with Crippen LogP contribution in [-0.2, 0) is 11.2 Å². The van der Waals surface area contributed by atoms with Crippen molar-refractivity contribution in [2.75, 3.05) is 19.0 Å². The molecule has 0 radical (unpaired) electrons. The molecular weight excluding hydrogens is 222 g/mol. The number of aryl methyl sites for hydroxylation is 1. The van der Waals surface area contributed by atoms with E-state index in [1.165, 1.54) is 36.9 Å². The predicted octanol–water partition coefficient (Wildman–Crippen LogP) is 4.26. The van der Waals surface area contributed by atoms with Crippen LogP contribution in [0.1, 0.15) is 45.1 Å². The largest absolute Gasteiger partial charge is 0.385 e. The fraction of sp³-hybridized carbons (Fsp3) is 0.625. The molecule has 1 aromatic carbocycles. The second-order valence-corrected chi connectivity index (χ2v) is 4.92. The normalized spacial score (nSPS) is 12.4. The van der Waals surface area contributed by atoms with Gasteiger partial charge in [0.2, 0.25) is 0 Å². The van der Waals surface area contributed by atoms with Crippen LogP contribution >= 0.6 is 0 Å². The minimum Gasteiger partial charge on any atom is -0.385 e. The first-order valence-corrected chi connectivity index (χ1v) is 7.12. The van der Waals surface area contributed by atoms with Gasteiger partial charge < -0.3 is 10.1 Å². The molecule has 1 rings (SSSR count). The van der Waals surface area contributed by atoms with Gasteiger partial charge in [-0.25, -0.2) is 0 Å². The molecule has 102 valence electrons. The first-order chi connectivity index (χ1) is 8.76. The van der Waals surface area contributed by atoms with Crippen LogP contribution in [0.25, 0.3) is 0 Å². The summed E-state index contributed by atoms with van der Waals surface area (Å²) in [6, 6.07) is 8.77. The van der Waals surface area contributed by atoms with Crippen LogP contribution in [0.15, 0.2) is 24.3 Å². The zero-order valence-corrected chi connectivity index (χ0v) is 12.0. The second-order valence-electron chi connectivity index (χ2n) is 4.92. The fourth-order valence-corrected chi connectivity index (χ4v) is 1.95. The minimum absolute atomic E-state index is 0.324. The molecule has 2 heteroatoms. The van der Waals surface area contributed by atoms with Crippen molar-refractivity contribution in [1.82, 2.24) is 0 Å². The average molecular weight is 249 g/mol. The van der Waals surface area contributed by atoms with Crippen molar-refractivity contribution >= 4 is 5.69 Å². The smallest absolute Gasteiger partial charge is 0.0560 e. The van der Waals surface area contributed by atoms with E-state index in [4.69, 9.17) is 4.74 Å². The van der Waals surface area contributed by atoms with Crippen molar-refractivity contribution in [3.63, 3.8) is 0 Å². The molecule has 0 heterocycles. The number of unbranched alkanes of at least 4 members (excludes halogenated alkanes) is 2. The lowest BCUT2D eigenvalue weighted by Crippen LogP contribution is -2.12. The first kappa shape index (κ1) is 15.0. The third-order valence-corrected chi connectivity index (χ3v) is 3.28. The highest BCUT2D eigenvalue weighted by molar-refractivity contribution is 5.45. The van der Waals surface area contributed by atoms with Crippen LogP contribution < -0.4 is 5.32 Å². The Balaban J connectivity index is 2.34. The van der Waals surface area contributed by atoms with Gasteiger partial charge in [-0.15, -0.1) is 0 Å². The van der Waals surface area contributed by atoms with Gasteiger partial charge in [0, 0.05) is 19.3 Å². The Morgan fingerprint density at radius 3 is 2.83 bits per heavy atom. The Hall–Kier alpha value is -1.02. The minimum atomic E-state index is 0.324. The molecule has 1 aromatic rings. The second kappa shape index (κ2) is 8.98. The molecule has 0 amide bonds. The lowest BCUT2D eigenvalue weighted by molar-refractivity contribution is 0.114. The summed E-state index contributed by atoms with van der Waals surface area (Å²) in [5, 5.41) is 3.46. The molecule has 0 saturated carbocycles. The van der Waals surface area contributed by atoms with E-state index in [0.717, 1.165) is 13.0 Å². The Morgan fingerprint density at radius 1 is 1.28 bits per heavy atom. The summed E-state index contributed by atoms with van der Waals surface area (Å²) in [5.74, 6) is 0. The first-order valence-electron chi connectivity index (χ1n) is 7.12. The molecule has 0 aromatic heterocycles. The average Bonchev–Trinajstić information content (AvgIpc) is 2.39. The third kappa shape index (κ3) is 6.06. The number of benzene rings is 1. The molecule has 1 atom stereocenters. The van der Waals surface area contributed by atoms with E-state index in [1.807, 2.05) is 0 Å². The van der Waals surface area contributed by atoms with Gasteiger partial charge in [0.15, 0.2) is 0 Å². The number of rotatable bonds is 9. The Kier molecular flexibility index (Phi) is 7.51. The summed E-state index contributed by atoms with van der Waals surface area (Å²) in [5.41, 5.74) is 2.67. The number of anilines is 1. The van der Waals surface area contributed by atoms with Gasteiger partial charge in [0.1, 0.15) is 0 Å². The standard InChI is InChI=1S/C16H27NO/c1-4-5-6-8-15-9-7-10-16(13-15)17-12-11-14(2)18-3/h7,9-10,13-14,17H,4-6,8,11-12H2,1-3H3. The Bertz CT molecular complexity index is 325. The fourth-order valence-electron chi connectivity index (χ4n) is 1.95. The van der Waals surface area contributed by atoms with Crippen LogP contribution in [0.2, 0.25) is 0 Å². The summed E-state index contributed by atoms with van der Waals surface area (Å²) >= 11 is 0. The van der Waals surface area contributed by atoms with Crippen molar-refractivity contribution < 1.29 is 4.74 Å². The van der Waals surface area contributed by atoms with Gasteiger partial charge in [-0.05, 0) is 43.9 Å². The van der Waals surface area contributed by atoms with E-state index >= 15 is 0 Å². The molecule has 0 saturated heterocycles. The van der Waals surface area contributed by atoms with Crippen LogP contribution in [0.4, 0.5) is 5.69 Å². The zero-order valence-electron chi connectivity index (χ0n) is 12.0. The Labute approximate surface area is 112 Å². The van der Waals surface area contributed by atoms with Gasteiger partial charge in [-0.3, -0.25) is 0 Å². The van der Waals surface area contributed by atoms with E-state index in [-0.39, 0.29) is 0 Å². The van der Waals surface area contributed by atoms with Gasteiger partial charge in [0.05, 0.1) is 6.10 Å². The quantitative estimate of drug-likeness (QED) is 0.660. The Morgan fingerprint density at radius 2 is 2.11 bits per heavy atom. The van der Waals surface area contributed by atoms with E-state index in [1.54, 1.807) is 7.11 Å². The van der Waals surface area contributed by atoms with Crippen molar-refractivity contribution in [2.24, 2.45) is 0 Å². The van der Waals surface area contributed by atoms with Gasteiger partial charge in [-0.1, -0.05) is 31.9 Å². The van der Waals surface area contributed by atoms with Crippen molar-refractivity contribution in [2.45, 2.75) is 52.1 Å². The molecule has 0 aliphatic carbocycles. The van der Waals surface area contributed by atoms with E-state index in [9.17, 15) is 0 Å². The SMILES string of the molecule is CCCCCc1cccc(NCCC(C)OC)c1. The van der Waals surface area contributed by atoms with Crippen molar-refractivity contribution in [1.29, 1.82) is 0 Å². The van der Waals surface area contributed by atoms with Crippen LogP contribution in [-0.4, -0.2) is 19.8 Å². The maximum Gasteiger partial charge on any atom is 0.0560 e. The zero-order chi connectivity index (χ0) is 13.2. The van der Waals surface area contributed by atoms with Crippen LogP contribution in [0.5, 0.6) is 0 Å². The molecule has 0 spiro atoms. The maximum absolute atomic E-state index is 5.24. The summed E-state index contributed by atoms with van der Waals surface area (Å²) in [6.07, 6.45) is 6.45. The highest BCUT2D eigenvalue weighted by Crippen LogP contribution is 2.13. The molecule has 1 unspecified atom stereocenters. The summed E-state index contributed by atoms with van der Waals surface area (Å²) in [4.78, 5) is 0. The number of nitrogens with one attached hydrogen (secondary N) is 1. The monoisotopic (exact) mass is 249 g/mol. The van der Waals surface area contributed by atoms with Gasteiger partial charge >= 0.3 is 0 Å². The topological polar surface area (TPSA) is 21.3 Å². The summed E-state index contributed by atoms with van der Waals surface area (Å²) in [7, 11) is 1.76. The summed E-state index contributed by atoms with van der Waals surface area (Å²) < 4.78 is 5.24. The molecule has 0 bridgehead atoms. The van der Waals surface area contributed by atoms with Gasteiger partial charge in [0.25, 0.3) is 0 Å². The van der Waals surface area contributed by atoms with E-state index in [0.29, 0.717) is 6.10 Å². The summed E-state index contributed by atoms with van der Waals surface area (Å²) in [6.45, 7) is 5.31. The lowest BCUT2D eigenvalue weighted by Gasteiger charge is -2.11. The molecule has 0 fully saturated rings. The molecule has 18 heavy (non-hydrogen) atoms. The number of hydrogen-bond acceptors (Lipinski definition) is 2. The predicted molar refractivity (Wildman–Crippen MR) is 79.2 cm³/mol. The maximum atomic E-state index is 5.24. The molecule has 2 nitrogen and oxygen atoms in total. The number of hydrogen-bond donors (Lipinski definition) is 1. The van der Waals surface area contributed by atoms with E-state index in [2.05, 4.69) is 43.4 Å². The molecular formula is C16H27NO. The molecule has 0 aliphatic heterocycles. The molecule has 1 N–H and O–H groups in total. The highest BCUT2D eigenvalue weighted by atomic mass is 16.5. The van der Waals surface area contributed by atoms with Gasteiger partial charge in [-0.2, -0.15) is 0 Å². The third-order valence-electron chi connectivity index (χ3n) is 3.28. The van der Waals surface area contributed by atoms with Crippen molar-refractivity contribution in [3.8, 4) is 0 Å². The highest BCUT2D eigenvalue weighted by Gasteiger charge is 1.99. The number of methoxy groups -OCH3 is 1. The molecule has 0 aliphatic rings. The van der Waals surface area contributed by atoms with Crippen molar-refractivity contribution in [3.05, 3.63) is 29.8 Å². The van der Waals surface area contributed by atoms with E-state index < -0.39 is 0 Å². The van der Waals surface area contributed by atoms with Crippen LogP contribution in [0, 0.1) is 0 Å². The number of ether oxygens (including phenoxy) is 1. The van der Waals surface area contributed by atoms with Crippen LogP contribution in [0.3, 0.4) is 0 Å². The lowest BCUT2D eigenvalue weighted by atomic mass is 10.1.